The lowest BCUT2D eigenvalue weighted by molar-refractivity contribution is -0.345. The molecule has 2 atom stereocenters. The van der Waals surface area contributed by atoms with Crippen LogP contribution in [-0.2, 0) is 20.7 Å². The molecule has 0 aliphatic carbocycles. The van der Waals surface area contributed by atoms with Gasteiger partial charge in [0, 0.05) is 18.4 Å². The lowest BCUT2D eigenvalue weighted by Gasteiger charge is -2.58. The standard InChI is InChI=1S/C29H49NO3/c1-6-9-10-11-12-16-19-26-22-31-29(33-26)23-27(4,5)30(28(7-2,8-3)24-29)32-21-20-25-17-14-13-15-18-25/h13-15,17-18,26H,6-12,16,19-24H2,1-5H3. The van der Waals surface area contributed by atoms with Crippen LogP contribution in [0, 0.1) is 0 Å². The highest BCUT2D eigenvalue weighted by atomic mass is 16.7. The molecular weight excluding hydrogens is 410 g/mol. The Balaban J connectivity index is 1.59. The Morgan fingerprint density at radius 3 is 2.33 bits per heavy atom. The molecule has 0 N–H and O–H groups in total. The number of ether oxygens (including phenoxy) is 2. The van der Waals surface area contributed by atoms with Gasteiger partial charge in [0.15, 0.2) is 5.79 Å². The summed E-state index contributed by atoms with van der Waals surface area (Å²) in [5.74, 6) is -0.471. The van der Waals surface area contributed by atoms with Gasteiger partial charge in [0.1, 0.15) is 0 Å². The van der Waals surface area contributed by atoms with Gasteiger partial charge in [0.25, 0.3) is 0 Å². The first-order valence-electron chi connectivity index (χ1n) is 13.7. The summed E-state index contributed by atoms with van der Waals surface area (Å²) in [5, 5.41) is 2.32. The van der Waals surface area contributed by atoms with Crippen LogP contribution in [0.5, 0.6) is 0 Å². The summed E-state index contributed by atoms with van der Waals surface area (Å²) in [7, 11) is 0. The van der Waals surface area contributed by atoms with Gasteiger partial charge in [-0.2, -0.15) is 5.06 Å². The number of unbranched alkanes of at least 4 members (excludes halogenated alkanes) is 5. The second-order valence-electron chi connectivity index (χ2n) is 11.0. The predicted molar refractivity (Wildman–Crippen MR) is 136 cm³/mol. The highest BCUT2D eigenvalue weighted by molar-refractivity contribution is 5.14. The van der Waals surface area contributed by atoms with E-state index in [1.54, 1.807) is 0 Å². The van der Waals surface area contributed by atoms with Crippen molar-refractivity contribution in [2.24, 2.45) is 0 Å². The van der Waals surface area contributed by atoms with Gasteiger partial charge in [-0.15, -0.1) is 0 Å². The monoisotopic (exact) mass is 459 g/mol. The molecule has 3 rings (SSSR count). The van der Waals surface area contributed by atoms with E-state index in [9.17, 15) is 0 Å². The average molecular weight is 460 g/mol. The molecule has 0 radical (unpaired) electrons. The van der Waals surface area contributed by atoms with Crippen molar-refractivity contribution in [3.05, 3.63) is 35.9 Å². The van der Waals surface area contributed by atoms with Crippen LogP contribution in [0.1, 0.15) is 111 Å². The Labute approximate surface area is 203 Å². The van der Waals surface area contributed by atoms with Crippen LogP contribution < -0.4 is 0 Å². The number of piperidine rings is 1. The summed E-state index contributed by atoms with van der Waals surface area (Å²) < 4.78 is 13.2. The topological polar surface area (TPSA) is 30.9 Å². The molecule has 0 bridgehead atoms. The second-order valence-corrected chi connectivity index (χ2v) is 11.0. The van der Waals surface area contributed by atoms with Crippen LogP contribution in [0.4, 0.5) is 0 Å². The first kappa shape index (κ1) is 26.7. The van der Waals surface area contributed by atoms with Gasteiger partial charge in [-0.1, -0.05) is 89.6 Å². The second kappa shape index (κ2) is 12.2. The number of rotatable bonds is 13. The van der Waals surface area contributed by atoms with Crippen molar-refractivity contribution in [1.29, 1.82) is 0 Å². The summed E-state index contributed by atoms with van der Waals surface area (Å²) in [6.07, 6.45) is 14.0. The maximum Gasteiger partial charge on any atom is 0.172 e. The molecule has 1 spiro atoms. The van der Waals surface area contributed by atoms with Crippen molar-refractivity contribution in [3.63, 3.8) is 0 Å². The van der Waals surface area contributed by atoms with E-state index in [1.165, 1.54) is 44.1 Å². The van der Waals surface area contributed by atoms with Gasteiger partial charge in [-0.25, -0.2) is 0 Å². The molecule has 0 amide bonds. The molecular formula is C29H49NO3. The molecule has 4 nitrogen and oxygen atoms in total. The zero-order valence-electron chi connectivity index (χ0n) is 22.0. The van der Waals surface area contributed by atoms with Crippen molar-refractivity contribution in [2.75, 3.05) is 13.2 Å². The van der Waals surface area contributed by atoms with Crippen molar-refractivity contribution in [2.45, 2.75) is 135 Å². The molecule has 1 aromatic rings. The lowest BCUT2D eigenvalue weighted by atomic mass is 9.73. The molecule has 33 heavy (non-hydrogen) atoms. The molecule has 2 saturated heterocycles. The van der Waals surface area contributed by atoms with E-state index in [-0.39, 0.29) is 17.2 Å². The molecule has 188 valence electrons. The summed E-state index contributed by atoms with van der Waals surface area (Å²) >= 11 is 0. The summed E-state index contributed by atoms with van der Waals surface area (Å²) in [6, 6.07) is 10.6. The fourth-order valence-corrected chi connectivity index (χ4v) is 6.10. The van der Waals surface area contributed by atoms with E-state index >= 15 is 0 Å². The first-order valence-corrected chi connectivity index (χ1v) is 13.7. The normalized spacial score (nSPS) is 26.8. The molecule has 2 heterocycles. The third-order valence-electron chi connectivity index (χ3n) is 7.84. The quantitative estimate of drug-likeness (QED) is 0.287. The zero-order valence-corrected chi connectivity index (χ0v) is 22.0. The van der Waals surface area contributed by atoms with Crippen LogP contribution in [0.2, 0.25) is 0 Å². The maximum atomic E-state index is 6.73. The third kappa shape index (κ3) is 6.81. The van der Waals surface area contributed by atoms with Gasteiger partial charge in [-0.05, 0) is 45.1 Å². The number of nitrogens with zero attached hydrogens (tertiary/aromatic N) is 1. The minimum Gasteiger partial charge on any atom is -0.347 e. The predicted octanol–water partition coefficient (Wildman–Crippen LogP) is 7.46. The van der Waals surface area contributed by atoms with E-state index in [0.29, 0.717) is 6.61 Å². The molecule has 1 aromatic carbocycles. The largest absolute Gasteiger partial charge is 0.347 e. The van der Waals surface area contributed by atoms with Crippen molar-refractivity contribution in [3.8, 4) is 0 Å². The first-order chi connectivity index (χ1) is 15.9. The van der Waals surface area contributed by atoms with E-state index in [2.05, 4.69) is 70.0 Å². The molecule has 2 unspecified atom stereocenters. The van der Waals surface area contributed by atoms with Gasteiger partial charge < -0.3 is 9.47 Å². The average Bonchev–Trinajstić information content (AvgIpc) is 3.19. The van der Waals surface area contributed by atoms with Crippen molar-refractivity contribution >= 4 is 0 Å². The third-order valence-corrected chi connectivity index (χ3v) is 7.84. The Hall–Kier alpha value is -0.940. The van der Waals surface area contributed by atoms with E-state index in [4.69, 9.17) is 14.3 Å². The van der Waals surface area contributed by atoms with Crippen LogP contribution in [0.25, 0.3) is 0 Å². The van der Waals surface area contributed by atoms with E-state index in [1.807, 2.05) is 0 Å². The van der Waals surface area contributed by atoms with Crippen molar-refractivity contribution < 1.29 is 14.3 Å². The van der Waals surface area contributed by atoms with Gasteiger partial charge in [-0.3, -0.25) is 4.84 Å². The zero-order chi connectivity index (χ0) is 23.8. The Morgan fingerprint density at radius 2 is 1.64 bits per heavy atom. The fourth-order valence-electron chi connectivity index (χ4n) is 6.10. The molecule has 0 aromatic heterocycles. The summed E-state index contributed by atoms with van der Waals surface area (Å²) in [4.78, 5) is 6.56. The van der Waals surface area contributed by atoms with Crippen molar-refractivity contribution in [1.82, 2.24) is 5.06 Å². The molecule has 2 aliphatic heterocycles. The van der Waals surface area contributed by atoms with E-state index < -0.39 is 5.79 Å². The Kier molecular flexibility index (Phi) is 9.82. The molecule has 2 aliphatic rings. The lowest BCUT2D eigenvalue weighted by Crippen LogP contribution is -2.67. The molecule has 0 saturated carbocycles. The minimum absolute atomic E-state index is 0.0759. The minimum atomic E-state index is -0.471. The van der Waals surface area contributed by atoms with Crippen LogP contribution >= 0.6 is 0 Å². The van der Waals surface area contributed by atoms with Crippen LogP contribution in [0.15, 0.2) is 30.3 Å². The summed E-state index contributed by atoms with van der Waals surface area (Å²) in [5.41, 5.74) is 1.09. The Morgan fingerprint density at radius 1 is 0.939 bits per heavy atom. The van der Waals surface area contributed by atoms with Crippen LogP contribution in [-0.4, -0.2) is 41.2 Å². The number of benzene rings is 1. The van der Waals surface area contributed by atoms with Gasteiger partial charge in [0.05, 0.1) is 24.9 Å². The highest BCUT2D eigenvalue weighted by Crippen LogP contribution is 2.51. The van der Waals surface area contributed by atoms with Gasteiger partial charge >= 0.3 is 0 Å². The highest BCUT2D eigenvalue weighted by Gasteiger charge is 2.59. The molecule has 2 fully saturated rings. The molecule has 4 heteroatoms. The maximum absolute atomic E-state index is 6.73. The van der Waals surface area contributed by atoms with E-state index in [0.717, 1.165) is 45.1 Å². The number of hydrogen-bond donors (Lipinski definition) is 0. The van der Waals surface area contributed by atoms with Gasteiger partial charge in [0.2, 0.25) is 0 Å². The summed E-state index contributed by atoms with van der Waals surface area (Å²) in [6.45, 7) is 12.9. The smallest absolute Gasteiger partial charge is 0.172 e. The van der Waals surface area contributed by atoms with Crippen LogP contribution in [0.3, 0.4) is 0 Å². The Bertz CT molecular complexity index is 687. The number of hydroxylamine groups is 2. The number of hydrogen-bond acceptors (Lipinski definition) is 4. The SMILES string of the molecule is CCCCCCCCC1COC2(CC(C)(C)N(OCCc3ccccc3)C(CC)(CC)C2)O1. The fraction of sp³-hybridized carbons (Fsp3) is 0.793.